The van der Waals surface area contributed by atoms with Crippen LogP contribution in [0.5, 0.6) is 0 Å². The summed E-state index contributed by atoms with van der Waals surface area (Å²) < 4.78 is 5.05. The summed E-state index contributed by atoms with van der Waals surface area (Å²) >= 11 is 1.58. The third-order valence-corrected chi connectivity index (χ3v) is 3.31. The van der Waals surface area contributed by atoms with Gasteiger partial charge >= 0.3 is 0 Å². The van der Waals surface area contributed by atoms with E-state index >= 15 is 0 Å². The van der Waals surface area contributed by atoms with Gasteiger partial charge in [0.1, 0.15) is 5.76 Å². The number of hydrogen-bond donors (Lipinski definition) is 1. The molecule has 0 aliphatic heterocycles. The molecule has 0 radical (unpaired) electrons. The van der Waals surface area contributed by atoms with Crippen LogP contribution in [0.3, 0.4) is 0 Å². The maximum absolute atomic E-state index is 11.7. The molecule has 0 unspecified atom stereocenters. The summed E-state index contributed by atoms with van der Waals surface area (Å²) in [5.41, 5.74) is 4.12. The lowest BCUT2D eigenvalue weighted by molar-refractivity contribution is 0.0953. The zero-order chi connectivity index (χ0) is 12.3. The molecule has 0 aromatic carbocycles. The molecule has 0 spiro atoms. The SMILES string of the molecule is Cc1ccsc1/C=N\NC(=O)c1ccoc1C. The predicted octanol–water partition coefficient (Wildman–Crippen LogP) is 2.72. The topological polar surface area (TPSA) is 54.6 Å². The molecular formula is C12H12N2O2S. The summed E-state index contributed by atoms with van der Waals surface area (Å²) in [6, 6.07) is 3.63. The van der Waals surface area contributed by atoms with Crippen LogP contribution >= 0.6 is 11.3 Å². The molecule has 0 saturated carbocycles. The van der Waals surface area contributed by atoms with Crippen LogP contribution in [0.2, 0.25) is 0 Å². The average molecular weight is 248 g/mol. The van der Waals surface area contributed by atoms with Crippen LogP contribution in [0.4, 0.5) is 0 Å². The summed E-state index contributed by atoms with van der Waals surface area (Å²) in [6.45, 7) is 3.74. The molecule has 2 aromatic rings. The minimum Gasteiger partial charge on any atom is -0.469 e. The number of nitrogens with zero attached hydrogens (tertiary/aromatic N) is 1. The van der Waals surface area contributed by atoms with Gasteiger partial charge in [-0.3, -0.25) is 4.79 Å². The normalized spacial score (nSPS) is 10.9. The highest BCUT2D eigenvalue weighted by Gasteiger charge is 2.09. The van der Waals surface area contributed by atoms with Gasteiger partial charge in [0.05, 0.1) is 18.0 Å². The zero-order valence-corrected chi connectivity index (χ0v) is 10.4. The standard InChI is InChI=1S/C12H12N2O2S/c1-8-4-6-17-11(8)7-13-14-12(15)10-3-5-16-9(10)2/h3-7H,1-2H3,(H,14,15)/b13-7-. The van der Waals surface area contributed by atoms with Crippen molar-refractivity contribution in [3.63, 3.8) is 0 Å². The van der Waals surface area contributed by atoms with Crippen LogP contribution in [0.1, 0.15) is 26.6 Å². The van der Waals surface area contributed by atoms with Crippen molar-refractivity contribution in [1.29, 1.82) is 0 Å². The maximum atomic E-state index is 11.7. The lowest BCUT2D eigenvalue weighted by Gasteiger charge is -1.96. The molecule has 0 bridgehead atoms. The van der Waals surface area contributed by atoms with Crippen molar-refractivity contribution in [3.05, 3.63) is 45.5 Å². The fourth-order valence-electron chi connectivity index (χ4n) is 1.35. The number of amides is 1. The Morgan fingerprint density at radius 1 is 1.47 bits per heavy atom. The molecule has 0 atom stereocenters. The largest absolute Gasteiger partial charge is 0.469 e. The van der Waals surface area contributed by atoms with Gasteiger partial charge < -0.3 is 4.42 Å². The minimum atomic E-state index is -0.262. The first-order valence-corrected chi connectivity index (χ1v) is 5.98. The van der Waals surface area contributed by atoms with E-state index < -0.39 is 0 Å². The molecule has 0 saturated heterocycles. The summed E-state index contributed by atoms with van der Waals surface area (Å²) in [4.78, 5) is 12.7. The first kappa shape index (κ1) is 11.6. The van der Waals surface area contributed by atoms with Gasteiger partial charge in [-0.15, -0.1) is 11.3 Å². The van der Waals surface area contributed by atoms with Crippen molar-refractivity contribution in [2.24, 2.45) is 5.10 Å². The molecule has 88 valence electrons. The molecule has 2 heterocycles. The van der Waals surface area contributed by atoms with E-state index in [0.717, 1.165) is 10.4 Å². The Bertz CT molecular complexity index is 554. The number of carbonyl (C=O) groups excluding carboxylic acids is 1. The molecule has 2 aromatic heterocycles. The van der Waals surface area contributed by atoms with E-state index in [9.17, 15) is 4.79 Å². The van der Waals surface area contributed by atoms with Crippen LogP contribution in [0, 0.1) is 13.8 Å². The van der Waals surface area contributed by atoms with E-state index in [2.05, 4.69) is 10.5 Å². The Labute approximate surface area is 103 Å². The maximum Gasteiger partial charge on any atom is 0.274 e. The number of furan rings is 1. The second-order valence-electron chi connectivity index (χ2n) is 3.56. The Hall–Kier alpha value is -1.88. The Balaban J connectivity index is 2.00. The average Bonchev–Trinajstić information content (AvgIpc) is 2.88. The van der Waals surface area contributed by atoms with Crippen molar-refractivity contribution in [1.82, 2.24) is 5.43 Å². The third kappa shape index (κ3) is 2.62. The molecule has 4 nitrogen and oxygen atoms in total. The minimum absolute atomic E-state index is 0.262. The van der Waals surface area contributed by atoms with E-state index in [1.54, 1.807) is 30.5 Å². The van der Waals surface area contributed by atoms with Crippen LogP contribution < -0.4 is 5.43 Å². The van der Waals surface area contributed by atoms with Crippen LogP contribution in [-0.2, 0) is 0 Å². The predicted molar refractivity (Wildman–Crippen MR) is 67.6 cm³/mol. The van der Waals surface area contributed by atoms with E-state index in [1.165, 1.54) is 6.26 Å². The number of nitrogens with one attached hydrogen (secondary N) is 1. The smallest absolute Gasteiger partial charge is 0.274 e. The van der Waals surface area contributed by atoms with Crippen molar-refractivity contribution in [2.45, 2.75) is 13.8 Å². The third-order valence-electron chi connectivity index (χ3n) is 2.35. The quantitative estimate of drug-likeness (QED) is 0.670. The molecule has 0 aliphatic carbocycles. The monoisotopic (exact) mass is 248 g/mol. The van der Waals surface area contributed by atoms with Crippen molar-refractivity contribution >= 4 is 23.5 Å². The lowest BCUT2D eigenvalue weighted by atomic mass is 10.2. The molecule has 2 rings (SSSR count). The second-order valence-corrected chi connectivity index (χ2v) is 4.51. The number of hydrazone groups is 1. The summed E-state index contributed by atoms with van der Waals surface area (Å²) in [5.74, 6) is 0.326. The molecule has 5 heteroatoms. The molecule has 0 fully saturated rings. The first-order chi connectivity index (χ1) is 8.18. The van der Waals surface area contributed by atoms with Crippen molar-refractivity contribution in [3.8, 4) is 0 Å². The van der Waals surface area contributed by atoms with E-state index in [0.29, 0.717) is 11.3 Å². The first-order valence-electron chi connectivity index (χ1n) is 5.10. The number of rotatable bonds is 3. The van der Waals surface area contributed by atoms with E-state index in [-0.39, 0.29) is 5.91 Å². The highest BCUT2D eigenvalue weighted by atomic mass is 32.1. The van der Waals surface area contributed by atoms with Crippen LogP contribution in [0.25, 0.3) is 0 Å². The molecular weight excluding hydrogens is 236 g/mol. The van der Waals surface area contributed by atoms with Crippen LogP contribution in [-0.4, -0.2) is 12.1 Å². The van der Waals surface area contributed by atoms with Gasteiger partial charge in [-0.2, -0.15) is 5.10 Å². The Morgan fingerprint density at radius 3 is 2.88 bits per heavy atom. The van der Waals surface area contributed by atoms with Gasteiger partial charge in [0.15, 0.2) is 0 Å². The van der Waals surface area contributed by atoms with Crippen LogP contribution in [0.15, 0.2) is 33.3 Å². The number of thiophene rings is 1. The highest BCUT2D eigenvalue weighted by Crippen LogP contribution is 2.12. The van der Waals surface area contributed by atoms with Crippen molar-refractivity contribution in [2.75, 3.05) is 0 Å². The van der Waals surface area contributed by atoms with E-state index in [4.69, 9.17) is 4.42 Å². The number of aryl methyl sites for hydroxylation is 2. The number of hydrogen-bond acceptors (Lipinski definition) is 4. The van der Waals surface area contributed by atoms with Gasteiger partial charge in [-0.05, 0) is 36.9 Å². The van der Waals surface area contributed by atoms with E-state index in [1.807, 2.05) is 18.4 Å². The number of carbonyl (C=O) groups is 1. The molecule has 17 heavy (non-hydrogen) atoms. The van der Waals surface area contributed by atoms with Gasteiger partial charge in [-0.25, -0.2) is 5.43 Å². The summed E-state index contributed by atoms with van der Waals surface area (Å²) in [7, 11) is 0. The van der Waals surface area contributed by atoms with Gasteiger partial charge in [0.25, 0.3) is 5.91 Å². The highest BCUT2D eigenvalue weighted by molar-refractivity contribution is 7.11. The van der Waals surface area contributed by atoms with Gasteiger partial charge in [-0.1, -0.05) is 0 Å². The second kappa shape index (κ2) is 4.97. The molecule has 0 aliphatic rings. The summed E-state index contributed by atoms with van der Waals surface area (Å²) in [5, 5.41) is 5.90. The van der Waals surface area contributed by atoms with Crippen molar-refractivity contribution < 1.29 is 9.21 Å². The fourth-order valence-corrected chi connectivity index (χ4v) is 2.13. The molecule has 1 N–H and O–H groups in total. The van der Waals surface area contributed by atoms with Gasteiger partial charge in [0, 0.05) is 4.88 Å². The Morgan fingerprint density at radius 2 is 2.29 bits per heavy atom. The fraction of sp³-hybridized carbons (Fsp3) is 0.167. The lowest BCUT2D eigenvalue weighted by Crippen LogP contribution is -2.17. The Kier molecular flexibility index (Phi) is 3.39. The zero-order valence-electron chi connectivity index (χ0n) is 9.56. The molecule has 1 amide bonds. The van der Waals surface area contributed by atoms with Gasteiger partial charge in [0.2, 0.25) is 0 Å². The summed E-state index contributed by atoms with van der Waals surface area (Å²) in [6.07, 6.45) is 3.13.